The molecule has 1 fully saturated rings. The molecule has 60 valence electrons. The van der Waals surface area contributed by atoms with Gasteiger partial charge < -0.3 is 5.11 Å². The van der Waals surface area contributed by atoms with Gasteiger partial charge in [0.15, 0.2) is 0 Å². The topological polar surface area (TPSA) is 20.2 Å². The molecule has 0 aromatic heterocycles. The second kappa shape index (κ2) is 3.38. The molecule has 0 bridgehead atoms. The van der Waals surface area contributed by atoms with Crippen molar-refractivity contribution in [3.63, 3.8) is 0 Å². The van der Waals surface area contributed by atoms with E-state index >= 15 is 0 Å². The average Bonchev–Trinajstić information content (AvgIpc) is 2.63. The average molecular weight is 142 g/mol. The van der Waals surface area contributed by atoms with Crippen molar-refractivity contribution in [2.24, 2.45) is 11.8 Å². The molecule has 1 rings (SSSR count). The summed E-state index contributed by atoms with van der Waals surface area (Å²) in [5.41, 5.74) is 0. The fraction of sp³-hybridized carbons (Fsp3) is 1.00. The van der Waals surface area contributed by atoms with Gasteiger partial charge in [-0.2, -0.15) is 0 Å². The lowest BCUT2D eigenvalue weighted by molar-refractivity contribution is 0.134. The first-order valence-electron chi connectivity index (χ1n) is 4.38. The third-order valence-corrected chi connectivity index (χ3v) is 2.21. The Hall–Kier alpha value is -0.0400. The summed E-state index contributed by atoms with van der Waals surface area (Å²) >= 11 is 0. The van der Waals surface area contributed by atoms with Gasteiger partial charge in [-0.3, -0.25) is 0 Å². The Kier molecular flexibility index (Phi) is 2.72. The van der Waals surface area contributed by atoms with E-state index in [1.165, 1.54) is 19.3 Å². The fourth-order valence-corrected chi connectivity index (χ4v) is 1.22. The van der Waals surface area contributed by atoms with Crippen LogP contribution in [0.15, 0.2) is 0 Å². The molecule has 1 saturated carbocycles. The number of hydrogen-bond donors (Lipinski definition) is 1. The minimum absolute atomic E-state index is 0.0161. The predicted molar refractivity (Wildman–Crippen MR) is 42.8 cm³/mol. The highest BCUT2D eigenvalue weighted by molar-refractivity contribution is 4.80. The fourth-order valence-electron chi connectivity index (χ4n) is 1.22. The summed E-state index contributed by atoms with van der Waals surface area (Å²) in [5.74, 6) is 1.41. The summed E-state index contributed by atoms with van der Waals surface area (Å²) in [7, 11) is 0. The van der Waals surface area contributed by atoms with Crippen molar-refractivity contribution in [1.82, 2.24) is 0 Å². The summed E-state index contributed by atoms with van der Waals surface area (Å²) in [6.07, 6.45) is 4.74. The Labute approximate surface area is 63.4 Å². The first kappa shape index (κ1) is 8.06. The van der Waals surface area contributed by atoms with E-state index in [0.29, 0.717) is 5.92 Å². The second-order valence-corrected chi connectivity index (χ2v) is 3.88. The van der Waals surface area contributed by atoms with E-state index < -0.39 is 0 Å². The lowest BCUT2D eigenvalue weighted by Gasteiger charge is -2.09. The molecule has 0 aromatic rings. The van der Waals surface area contributed by atoms with Gasteiger partial charge in [-0.25, -0.2) is 0 Å². The summed E-state index contributed by atoms with van der Waals surface area (Å²) in [6, 6.07) is 0. The van der Waals surface area contributed by atoms with Gasteiger partial charge >= 0.3 is 0 Å². The van der Waals surface area contributed by atoms with Crippen LogP contribution in [0.4, 0.5) is 0 Å². The molecule has 1 unspecified atom stereocenters. The zero-order chi connectivity index (χ0) is 7.56. The van der Waals surface area contributed by atoms with Gasteiger partial charge in [0.05, 0.1) is 6.10 Å². The van der Waals surface area contributed by atoms with Crippen molar-refractivity contribution in [3.8, 4) is 0 Å². The SMILES string of the molecule is CC(C)CCC(O)C1CC1. The number of aliphatic hydroxyl groups excluding tert-OH is 1. The highest BCUT2D eigenvalue weighted by Crippen LogP contribution is 2.34. The van der Waals surface area contributed by atoms with E-state index in [1.54, 1.807) is 0 Å². The van der Waals surface area contributed by atoms with Crippen LogP contribution >= 0.6 is 0 Å². The van der Waals surface area contributed by atoms with E-state index in [1.807, 2.05) is 0 Å². The van der Waals surface area contributed by atoms with E-state index in [4.69, 9.17) is 0 Å². The third kappa shape index (κ3) is 2.70. The van der Waals surface area contributed by atoms with Crippen LogP contribution in [-0.2, 0) is 0 Å². The van der Waals surface area contributed by atoms with Crippen molar-refractivity contribution in [2.75, 3.05) is 0 Å². The minimum Gasteiger partial charge on any atom is -0.393 e. The van der Waals surface area contributed by atoms with Crippen molar-refractivity contribution >= 4 is 0 Å². The van der Waals surface area contributed by atoms with Crippen molar-refractivity contribution in [2.45, 2.75) is 45.6 Å². The zero-order valence-corrected chi connectivity index (χ0v) is 7.01. The summed E-state index contributed by atoms with van der Waals surface area (Å²) < 4.78 is 0. The molecule has 1 heteroatoms. The smallest absolute Gasteiger partial charge is 0.0568 e. The van der Waals surface area contributed by atoms with Gasteiger partial charge in [0, 0.05) is 0 Å². The quantitative estimate of drug-likeness (QED) is 0.638. The maximum atomic E-state index is 9.44. The maximum absolute atomic E-state index is 9.44. The molecule has 1 aliphatic carbocycles. The van der Waals surface area contributed by atoms with Crippen molar-refractivity contribution in [1.29, 1.82) is 0 Å². The summed E-state index contributed by atoms with van der Waals surface area (Å²) in [6.45, 7) is 4.42. The van der Waals surface area contributed by atoms with Crippen LogP contribution in [0.2, 0.25) is 0 Å². The molecule has 0 radical (unpaired) electrons. The lowest BCUT2D eigenvalue weighted by atomic mass is 10.0. The van der Waals surface area contributed by atoms with Crippen LogP contribution in [0.25, 0.3) is 0 Å². The van der Waals surface area contributed by atoms with Crippen molar-refractivity contribution in [3.05, 3.63) is 0 Å². The van der Waals surface area contributed by atoms with Crippen LogP contribution < -0.4 is 0 Å². The Morgan fingerprint density at radius 1 is 1.30 bits per heavy atom. The first-order chi connectivity index (χ1) is 4.70. The highest BCUT2D eigenvalue weighted by atomic mass is 16.3. The molecule has 0 spiro atoms. The van der Waals surface area contributed by atoms with Crippen LogP contribution in [-0.4, -0.2) is 11.2 Å². The second-order valence-electron chi connectivity index (χ2n) is 3.88. The number of aliphatic hydroxyl groups is 1. The largest absolute Gasteiger partial charge is 0.393 e. The van der Waals surface area contributed by atoms with Gasteiger partial charge in [-0.1, -0.05) is 13.8 Å². The van der Waals surface area contributed by atoms with Gasteiger partial charge in [0.25, 0.3) is 0 Å². The molecule has 1 atom stereocenters. The molecule has 0 aliphatic heterocycles. The lowest BCUT2D eigenvalue weighted by Crippen LogP contribution is -2.09. The van der Waals surface area contributed by atoms with Crippen LogP contribution in [0, 0.1) is 11.8 Å². The Balaban J connectivity index is 2.00. The summed E-state index contributed by atoms with van der Waals surface area (Å²) in [5, 5.41) is 9.44. The third-order valence-electron chi connectivity index (χ3n) is 2.21. The number of hydrogen-bond acceptors (Lipinski definition) is 1. The molecule has 0 amide bonds. The molecule has 1 N–H and O–H groups in total. The van der Waals surface area contributed by atoms with Crippen LogP contribution in [0.1, 0.15) is 39.5 Å². The Morgan fingerprint density at radius 3 is 2.30 bits per heavy atom. The van der Waals surface area contributed by atoms with Gasteiger partial charge in [0.1, 0.15) is 0 Å². The normalized spacial score (nSPS) is 21.6. The van der Waals surface area contributed by atoms with Crippen molar-refractivity contribution < 1.29 is 5.11 Å². The van der Waals surface area contributed by atoms with Gasteiger partial charge in [0.2, 0.25) is 0 Å². The number of rotatable bonds is 4. The molecule has 0 aromatic carbocycles. The van der Waals surface area contributed by atoms with E-state index in [9.17, 15) is 5.11 Å². The van der Waals surface area contributed by atoms with Gasteiger partial charge in [-0.15, -0.1) is 0 Å². The summed E-state index contributed by atoms with van der Waals surface area (Å²) in [4.78, 5) is 0. The molecule has 0 heterocycles. The molecule has 1 aliphatic rings. The zero-order valence-electron chi connectivity index (χ0n) is 7.01. The first-order valence-corrected chi connectivity index (χ1v) is 4.38. The van der Waals surface area contributed by atoms with Crippen LogP contribution in [0.5, 0.6) is 0 Å². The predicted octanol–water partition coefficient (Wildman–Crippen LogP) is 2.19. The molecule has 0 saturated heterocycles. The highest BCUT2D eigenvalue weighted by Gasteiger charge is 2.28. The molecular weight excluding hydrogens is 124 g/mol. The van der Waals surface area contributed by atoms with E-state index in [2.05, 4.69) is 13.8 Å². The molecule has 10 heavy (non-hydrogen) atoms. The maximum Gasteiger partial charge on any atom is 0.0568 e. The van der Waals surface area contributed by atoms with E-state index in [0.717, 1.165) is 12.3 Å². The monoisotopic (exact) mass is 142 g/mol. The van der Waals surface area contributed by atoms with Crippen LogP contribution in [0.3, 0.4) is 0 Å². The molecule has 1 nitrogen and oxygen atoms in total. The Bertz CT molecular complexity index is 94.9. The molecular formula is C9H18O. The van der Waals surface area contributed by atoms with E-state index in [-0.39, 0.29) is 6.10 Å². The standard InChI is InChI=1S/C9H18O/c1-7(2)3-6-9(10)8-4-5-8/h7-10H,3-6H2,1-2H3. The Morgan fingerprint density at radius 2 is 1.90 bits per heavy atom. The minimum atomic E-state index is 0.0161. The van der Waals surface area contributed by atoms with Gasteiger partial charge in [-0.05, 0) is 37.5 Å².